The Morgan fingerprint density at radius 3 is 2.67 bits per heavy atom. The molecule has 6 nitrogen and oxygen atoms in total. The summed E-state index contributed by atoms with van der Waals surface area (Å²) in [6.45, 7) is 6.90. The van der Waals surface area contributed by atoms with Gasteiger partial charge >= 0.3 is 0 Å². The van der Waals surface area contributed by atoms with Gasteiger partial charge in [-0.3, -0.25) is 9.69 Å². The van der Waals surface area contributed by atoms with Crippen LogP contribution in [0.1, 0.15) is 51.0 Å². The third kappa shape index (κ3) is 5.99. The third-order valence-electron chi connectivity index (χ3n) is 6.13. The number of methoxy groups -OCH3 is 1. The second kappa shape index (κ2) is 11.4. The molecule has 1 aliphatic carbocycles. The van der Waals surface area contributed by atoms with E-state index < -0.39 is 0 Å². The number of carbonyl (C=O) groups is 1. The molecule has 3 rings (SSSR count). The molecule has 0 atom stereocenters. The molecule has 0 aromatic heterocycles. The maximum absolute atomic E-state index is 12.5. The Hall–Kier alpha value is -2.05. The molecule has 0 bridgehead atoms. The standard InChI is InChI=1S/C24H36N2O4/c1-3-15-30-21-9-7-20(18-22(21)28-2)8-10-23(27)25-19-24(11-5-4-6-12-24)26-13-16-29-17-14-26/h7-10,18H,3-6,11-17,19H2,1-2H3,(H,25,27)/b10-8+. The van der Waals surface area contributed by atoms with Gasteiger partial charge in [0.05, 0.1) is 26.9 Å². The van der Waals surface area contributed by atoms with Crippen LogP contribution in [0.5, 0.6) is 11.5 Å². The maximum Gasteiger partial charge on any atom is 0.244 e. The lowest BCUT2D eigenvalue weighted by Crippen LogP contribution is -2.59. The Balaban J connectivity index is 1.59. The normalized spacial score (nSPS) is 19.5. The molecule has 1 saturated carbocycles. The Morgan fingerprint density at radius 2 is 1.97 bits per heavy atom. The summed E-state index contributed by atoms with van der Waals surface area (Å²) in [5, 5.41) is 3.16. The van der Waals surface area contributed by atoms with Crippen molar-refractivity contribution in [2.75, 3.05) is 46.6 Å². The average Bonchev–Trinajstić information content (AvgIpc) is 2.81. The number of nitrogens with zero attached hydrogens (tertiary/aromatic N) is 1. The van der Waals surface area contributed by atoms with Crippen LogP contribution in [-0.2, 0) is 9.53 Å². The predicted molar refractivity (Wildman–Crippen MR) is 119 cm³/mol. The van der Waals surface area contributed by atoms with E-state index in [0.717, 1.165) is 56.9 Å². The second-order valence-corrected chi connectivity index (χ2v) is 8.19. The topological polar surface area (TPSA) is 60.0 Å². The lowest BCUT2D eigenvalue weighted by molar-refractivity contribution is -0.117. The van der Waals surface area contributed by atoms with Crippen molar-refractivity contribution >= 4 is 12.0 Å². The van der Waals surface area contributed by atoms with Crippen LogP contribution in [0.25, 0.3) is 6.08 Å². The summed E-state index contributed by atoms with van der Waals surface area (Å²) < 4.78 is 16.7. The molecular formula is C24H36N2O4. The molecule has 30 heavy (non-hydrogen) atoms. The lowest BCUT2D eigenvalue weighted by atomic mass is 9.79. The number of amides is 1. The van der Waals surface area contributed by atoms with Crippen LogP contribution >= 0.6 is 0 Å². The Bertz CT molecular complexity index is 707. The minimum atomic E-state index is -0.0570. The summed E-state index contributed by atoms with van der Waals surface area (Å²) in [5.74, 6) is 1.35. The van der Waals surface area contributed by atoms with E-state index in [1.54, 1.807) is 13.2 Å². The molecule has 1 aromatic carbocycles. The molecule has 166 valence electrons. The summed E-state index contributed by atoms with van der Waals surface area (Å²) in [6.07, 6.45) is 10.4. The smallest absolute Gasteiger partial charge is 0.244 e. The van der Waals surface area contributed by atoms with Gasteiger partial charge in [-0.1, -0.05) is 32.3 Å². The van der Waals surface area contributed by atoms with Gasteiger partial charge in [0.15, 0.2) is 11.5 Å². The van der Waals surface area contributed by atoms with Crippen LogP contribution in [0.3, 0.4) is 0 Å². The number of benzene rings is 1. The van der Waals surface area contributed by atoms with Gasteiger partial charge in [0.25, 0.3) is 0 Å². The summed E-state index contributed by atoms with van der Waals surface area (Å²) in [6, 6.07) is 5.72. The Morgan fingerprint density at radius 1 is 1.20 bits per heavy atom. The average molecular weight is 417 g/mol. The van der Waals surface area contributed by atoms with E-state index in [1.165, 1.54) is 19.3 Å². The van der Waals surface area contributed by atoms with E-state index in [0.29, 0.717) is 18.9 Å². The zero-order valence-corrected chi connectivity index (χ0v) is 18.5. The molecule has 0 radical (unpaired) electrons. The van der Waals surface area contributed by atoms with E-state index in [4.69, 9.17) is 14.2 Å². The van der Waals surface area contributed by atoms with Crippen LogP contribution in [0.15, 0.2) is 24.3 Å². The van der Waals surface area contributed by atoms with E-state index >= 15 is 0 Å². The number of hydrogen-bond acceptors (Lipinski definition) is 5. The van der Waals surface area contributed by atoms with Crippen LogP contribution in [0.4, 0.5) is 0 Å². The number of ether oxygens (including phenoxy) is 3. The molecule has 2 fully saturated rings. The van der Waals surface area contributed by atoms with Crippen molar-refractivity contribution in [2.24, 2.45) is 0 Å². The highest BCUT2D eigenvalue weighted by atomic mass is 16.5. The van der Waals surface area contributed by atoms with Crippen LogP contribution in [0.2, 0.25) is 0 Å². The van der Waals surface area contributed by atoms with Gasteiger partial charge in [0.2, 0.25) is 5.91 Å². The van der Waals surface area contributed by atoms with Crippen molar-refractivity contribution < 1.29 is 19.0 Å². The van der Waals surface area contributed by atoms with E-state index in [9.17, 15) is 4.79 Å². The molecule has 1 aromatic rings. The fraction of sp³-hybridized carbons (Fsp3) is 0.625. The highest BCUT2D eigenvalue weighted by molar-refractivity contribution is 5.91. The molecule has 6 heteroatoms. The van der Waals surface area contributed by atoms with Crippen molar-refractivity contribution in [3.63, 3.8) is 0 Å². The summed E-state index contributed by atoms with van der Waals surface area (Å²) in [5.41, 5.74) is 0.985. The first-order valence-corrected chi connectivity index (χ1v) is 11.3. The van der Waals surface area contributed by atoms with E-state index in [2.05, 4.69) is 17.1 Å². The molecule has 0 unspecified atom stereocenters. The van der Waals surface area contributed by atoms with Gasteiger partial charge in [-0.25, -0.2) is 0 Å². The number of rotatable bonds is 9. The first-order chi connectivity index (χ1) is 14.7. The fourth-order valence-electron chi connectivity index (χ4n) is 4.45. The van der Waals surface area contributed by atoms with Crippen molar-refractivity contribution in [3.8, 4) is 11.5 Å². The molecule has 2 aliphatic rings. The molecule has 1 heterocycles. The number of carbonyl (C=O) groups excluding carboxylic acids is 1. The number of nitrogens with one attached hydrogen (secondary N) is 1. The molecule has 1 aliphatic heterocycles. The molecule has 1 N–H and O–H groups in total. The number of hydrogen-bond donors (Lipinski definition) is 1. The minimum absolute atomic E-state index is 0.0570. The zero-order chi connectivity index (χ0) is 21.2. The first-order valence-electron chi connectivity index (χ1n) is 11.3. The van der Waals surface area contributed by atoms with Crippen molar-refractivity contribution in [1.29, 1.82) is 0 Å². The van der Waals surface area contributed by atoms with Crippen molar-refractivity contribution in [1.82, 2.24) is 10.2 Å². The van der Waals surface area contributed by atoms with E-state index in [1.807, 2.05) is 24.3 Å². The van der Waals surface area contributed by atoms with Gasteiger partial charge in [0, 0.05) is 31.2 Å². The zero-order valence-electron chi connectivity index (χ0n) is 18.5. The summed E-state index contributed by atoms with van der Waals surface area (Å²) in [4.78, 5) is 15.1. The second-order valence-electron chi connectivity index (χ2n) is 8.19. The maximum atomic E-state index is 12.5. The molecular weight excluding hydrogens is 380 g/mol. The van der Waals surface area contributed by atoms with Crippen LogP contribution in [-0.4, -0.2) is 62.9 Å². The number of morpholine rings is 1. The lowest BCUT2D eigenvalue weighted by Gasteiger charge is -2.48. The SMILES string of the molecule is CCCOc1ccc(/C=C/C(=O)NCC2(N3CCOCC3)CCCCC2)cc1OC. The monoisotopic (exact) mass is 416 g/mol. The van der Waals surface area contributed by atoms with Gasteiger partial charge in [-0.2, -0.15) is 0 Å². The third-order valence-corrected chi connectivity index (χ3v) is 6.13. The highest BCUT2D eigenvalue weighted by Crippen LogP contribution is 2.34. The summed E-state index contributed by atoms with van der Waals surface area (Å²) in [7, 11) is 1.63. The highest BCUT2D eigenvalue weighted by Gasteiger charge is 2.38. The summed E-state index contributed by atoms with van der Waals surface area (Å²) >= 11 is 0. The van der Waals surface area contributed by atoms with E-state index in [-0.39, 0.29) is 11.4 Å². The predicted octanol–water partition coefficient (Wildman–Crippen LogP) is 3.65. The molecule has 0 spiro atoms. The van der Waals surface area contributed by atoms with Gasteiger partial charge in [-0.15, -0.1) is 0 Å². The molecule has 1 saturated heterocycles. The fourth-order valence-corrected chi connectivity index (χ4v) is 4.45. The van der Waals surface area contributed by atoms with Gasteiger partial charge in [-0.05, 0) is 43.0 Å². The quantitative estimate of drug-likeness (QED) is 0.623. The van der Waals surface area contributed by atoms with Crippen molar-refractivity contribution in [2.45, 2.75) is 51.0 Å². The van der Waals surface area contributed by atoms with Gasteiger partial charge in [0.1, 0.15) is 0 Å². The Labute approximate surface area is 180 Å². The van der Waals surface area contributed by atoms with Crippen LogP contribution < -0.4 is 14.8 Å². The van der Waals surface area contributed by atoms with Gasteiger partial charge < -0.3 is 19.5 Å². The Kier molecular flexibility index (Phi) is 8.58. The largest absolute Gasteiger partial charge is 0.493 e. The van der Waals surface area contributed by atoms with Crippen LogP contribution in [0, 0.1) is 0 Å². The molecule has 1 amide bonds. The first kappa shape index (κ1) is 22.6. The minimum Gasteiger partial charge on any atom is -0.493 e. The van der Waals surface area contributed by atoms with Crippen molar-refractivity contribution in [3.05, 3.63) is 29.8 Å².